The van der Waals surface area contributed by atoms with E-state index >= 15 is 0 Å². The van der Waals surface area contributed by atoms with Crippen LogP contribution in [0.3, 0.4) is 0 Å². The van der Waals surface area contributed by atoms with Crippen molar-refractivity contribution in [2.24, 2.45) is 0 Å². The van der Waals surface area contributed by atoms with Gasteiger partial charge in [0.2, 0.25) is 0 Å². The number of halogens is 1. The van der Waals surface area contributed by atoms with E-state index in [4.69, 9.17) is 0 Å². The Morgan fingerprint density at radius 1 is 1.44 bits per heavy atom. The summed E-state index contributed by atoms with van der Waals surface area (Å²) in [5.41, 5.74) is 1.18. The van der Waals surface area contributed by atoms with Gasteiger partial charge in [0.1, 0.15) is 0 Å². The van der Waals surface area contributed by atoms with Crippen LogP contribution in [0.4, 0.5) is 5.69 Å². The molecular formula is C14H21BrN2O. The number of likely N-dealkylation sites (N-methyl/N-ethyl adjacent to an activating group) is 1. The number of aliphatic hydroxyl groups is 1. The van der Waals surface area contributed by atoms with Crippen molar-refractivity contribution in [3.05, 3.63) is 28.7 Å². The summed E-state index contributed by atoms with van der Waals surface area (Å²) >= 11 is 3.52. The van der Waals surface area contributed by atoms with E-state index in [2.05, 4.69) is 58.8 Å². The molecule has 1 unspecified atom stereocenters. The van der Waals surface area contributed by atoms with E-state index in [0.29, 0.717) is 0 Å². The molecule has 0 aromatic heterocycles. The van der Waals surface area contributed by atoms with Gasteiger partial charge in [-0.2, -0.15) is 0 Å². The molecule has 100 valence electrons. The van der Waals surface area contributed by atoms with Crippen LogP contribution >= 0.6 is 15.9 Å². The fourth-order valence-electron chi connectivity index (χ4n) is 3.06. The van der Waals surface area contributed by atoms with E-state index in [1.165, 1.54) is 5.69 Å². The molecule has 0 amide bonds. The number of benzene rings is 1. The molecule has 0 radical (unpaired) electrons. The molecule has 4 heteroatoms. The number of nitrogens with zero attached hydrogens (tertiary/aromatic N) is 2. The summed E-state index contributed by atoms with van der Waals surface area (Å²) in [6.45, 7) is 6.53. The third-order valence-electron chi connectivity index (χ3n) is 3.49. The van der Waals surface area contributed by atoms with Crippen molar-refractivity contribution in [1.82, 2.24) is 4.90 Å². The molecule has 1 atom stereocenters. The minimum Gasteiger partial charge on any atom is -0.394 e. The van der Waals surface area contributed by atoms with E-state index in [1.807, 2.05) is 12.1 Å². The highest BCUT2D eigenvalue weighted by Crippen LogP contribution is 2.32. The van der Waals surface area contributed by atoms with Gasteiger partial charge in [0.15, 0.2) is 0 Å². The topological polar surface area (TPSA) is 26.7 Å². The third kappa shape index (κ3) is 2.71. The predicted molar refractivity (Wildman–Crippen MR) is 79.1 cm³/mol. The Kier molecular flexibility index (Phi) is 3.99. The summed E-state index contributed by atoms with van der Waals surface area (Å²) in [7, 11) is 2.11. The highest BCUT2D eigenvalue weighted by atomic mass is 79.9. The molecular weight excluding hydrogens is 292 g/mol. The average Bonchev–Trinajstić information content (AvgIpc) is 2.26. The SMILES string of the molecule is CN1CC(CO)N(c2cccc(Br)c2)C(C)(C)C1. The summed E-state index contributed by atoms with van der Waals surface area (Å²) in [6, 6.07) is 8.45. The smallest absolute Gasteiger partial charge is 0.0653 e. The van der Waals surface area contributed by atoms with E-state index in [1.54, 1.807) is 0 Å². The van der Waals surface area contributed by atoms with Crippen LogP contribution in [-0.4, -0.2) is 48.3 Å². The summed E-state index contributed by atoms with van der Waals surface area (Å²) in [5.74, 6) is 0. The molecule has 1 fully saturated rings. The molecule has 2 rings (SSSR count). The molecule has 0 saturated carbocycles. The number of piperazine rings is 1. The number of hydrogen-bond acceptors (Lipinski definition) is 3. The maximum Gasteiger partial charge on any atom is 0.0653 e. The van der Waals surface area contributed by atoms with Gasteiger partial charge >= 0.3 is 0 Å². The molecule has 0 aliphatic carbocycles. The fraction of sp³-hybridized carbons (Fsp3) is 0.571. The van der Waals surface area contributed by atoms with Gasteiger partial charge in [-0.05, 0) is 39.1 Å². The van der Waals surface area contributed by atoms with Gasteiger partial charge in [-0.3, -0.25) is 0 Å². The second-order valence-electron chi connectivity index (χ2n) is 5.70. The van der Waals surface area contributed by atoms with Crippen LogP contribution in [0.25, 0.3) is 0 Å². The van der Waals surface area contributed by atoms with Crippen LogP contribution in [0, 0.1) is 0 Å². The number of hydrogen-bond donors (Lipinski definition) is 1. The van der Waals surface area contributed by atoms with Crippen molar-refractivity contribution in [1.29, 1.82) is 0 Å². The Morgan fingerprint density at radius 2 is 2.17 bits per heavy atom. The number of aliphatic hydroxyl groups excluding tert-OH is 1. The van der Waals surface area contributed by atoms with Crippen molar-refractivity contribution >= 4 is 21.6 Å². The van der Waals surface area contributed by atoms with Gasteiger partial charge in [-0.25, -0.2) is 0 Å². The average molecular weight is 313 g/mol. The van der Waals surface area contributed by atoms with Crippen molar-refractivity contribution in [2.45, 2.75) is 25.4 Å². The lowest BCUT2D eigenvalue weighted by Gasteiger charge is -2.52. The van der Waals surface area contributed by atoms with E-state index in [0.717, 1.165) is 17.6 Å². The molecule has 0 bridgehead atoms. The molecule has 3 nitrogen and oxygen atoms in total. The van der Waals surface area contributed by atoms with Gasteiger partial charge in [0.05, 0.1) is 12.6 Å². The Hall–Kier alpha value is -0.580. The largest absolute Gasteiger partial charge is 0.394 e. The van der Waals surface area contributed by atoms with Crippen LogP contribution in [-0.2, 0) is 0 Å². The van der Waals surface area contributed by atoms with E-state index < -0.39 is 0 Å². The lowest BCUT2D eigenvalue weighted by Crippen LogP contribution is -2.64. The van der Waals surface area contributed by atoms with Crippen molar-refractivity contribution in [3.8, 4) is 0 Å². The third-order valence-corrected chi connectivity index (χ3v) is 3.99. The molecule has 1 aromatic rings. The highest BCUT2D eigenvalue weighted by molar-refractivity contribution is 9.10. The lowest BCUT2D eigenvalue weighted by molar-refractivity contribution is 0.137. The van der Waals surface area contributed by atoms with Gasteiger partial charge in [0, 0.05) is 28.8 Å². The Balaban J connectivity index is 2.38. The van der Waals surface area contributed by atoms with Crippen molar-refractivity contribution in [3.63, 3.8) is 0 Å². The molecule has 1 saturated heterocycles. The first kappa shape index (κ1) is 13.8. The zero-order chi connectivity index (χ0) is 13.3. The molecule has 18 heavy (non-hydrogen) atoms. The maximum atomic E-state index is 9.66. The summed E-state index contributed by atoms with van der Waals surface area (Å²) < 4.78 is 1.08. The zero-order valence-corrected chi connectivity index (χ0v) is 12.8. The summed E-state index contributed by atoms with van der Waals surface area (Å²) in [5, 5.41) is 9.66. The van der Waals surface area contributed by atoms with Gasteiger partial charge in [-0.1, -0.05) is 22.0 Å². The van der Waals surface area contributed by atoms with Crippen LogP contribution in [0.1, 0.15) is 13.8 Å². The van der Waals surface area contributed by atoms with Crippen LogP contribution in [0.15, 0.2) is 28.7 Å². The first-order chi connectivity index (χ1) is 8.44. The minimum atomic E-state index is 0.0151. The van der Waals surface area contributed by atoms with Crippen molar-refractivity contribution in [2.75, 3.05) is 31.6 Å². The Morgan fingerprint density at radius 3 is 2.78 bits per heavy atom. The first-order valence-corrected chi connectivity index (χ1v) is 7.07. The standard InChI is InChI=1S/C14H21BrN2O/c1-14(2)10-16(3)8-13(9-18)17(14)12-6-4-5-11(15)7-12/h4-7,13,18H,8-10H2,1-3H3. The van der Waals surface area contributed by atoms with Crippen molar-refractivity contribution < 1.29 is 5.11 Å². The monoisotopic (exact) mass is 312 g/mol. The Labute approximate surface area is 118 Å². The zero-order valence-electron chi connectivity index (χ0n) is 11.2. The van der Waals surface area contributed by atoms with Gasteiger partial charge in [-0.15, -0.1) is 0 Å². The van der Waals surface area contributed by atoms with Crippen LogP contribution < -0.4 is 4.90 Å². The van der Waals surface area contributed by atoms with E-state index in [9.17, 15) is 5.11 Å². The molecule has 0 spiro atoms. The van der Waals surface area contributed by atoms with Crippen LogP contribution in [0.2, 0.25) is 0 Å². The number of anilines is 1. The minimum absolute atomic E-state index is 0.0151. The second-order valence-corrected chi connectivity index (χ2v) is 6.61. The van der Waals surface area contributed by atoms with E-state index in [-0.39, 0.29) is 18.2 Å². The summed E-state index contributed by atoms with van der Waals surface area (Å²) in [4.78, 5) is 4.63. The maximum absolute atomic E-state index is 9.66. The molecule has 1 aliphatic rings. The fourth-order valence-corrected chi connectivity index (χ4v) is 3.45. The second kappa shape index (κ2) is 5.19. The molecule has 1 heterocycles. The first-order valence-electron chi connectivity index (χ1n) is 6.28. The normalized spacial score (nSPS) is 24.3. The lowest BCUT2D eigenvalue weighted by atomic mass is 9.94. The summed E-state index contributed by atoms with van der Waals surface area (Å²) in [6.07, 6.45) is 0. The Bertz CT molecular complexity index is 422. The van der Waals surface area contributed by atoms with Crippen LogP contribution in [0.5, 0.6) is 0 Å². The predicted octanol–water partition coefficient (Wildman–Crippen LogP) is 2.34. The van der Waals surface area contributed by atoms with Gasteiger partial charge in [0.25, 0.3) is 0 Å². The molecule has 1 aromatic carbocycles. The molecule has 1 aliphatic heterocycles. The highest BCUT2D eigenvalue weighted by Gasteiger charge is 2.38. The quantitative estimate of drug-likeness (QED) is 0.908. The number of rotatable bonds is 2. The molecule has 1 N–H and O–H groups in total. The van der Waals surface area contributed by atoms with Gasteiger partial charge < -0.3 is 14.9 Å².